The highest BCUT2D eigenvalue weighted by molar-refractivity contribution is 6.32. The van der Waals surface area contributed by atoms with Crippen molar-refractivity contribution in [3.8, 4) is 28.8 Å². The largest absolute Gasteiger partial charge is 0.508 e. The number of ether oxygens (including phenoxy) is 2. The van der Waals surface area contributed by atoms with Crippen molar-refractivity contribution < 1.29 is 23.4 Å². The third kappa shape index (κ3) is 5.82. The van der Waals surface area contributed by atoms with Crippen LogP contribution in [0.2, 0.25) is 5.02 Å². The van der Waals surface area contributed by atoms with Crippen LogP contribution in [0.15, 0.2) is 18.2 Å². The van der Waals surface area contributed by atoms with E-state index in [0.29, 0.717) is 34.4 Å². The number of aromatic hydroxyl groups is 1. The van der Waals surface area contributed by atoms with Crippen LogP contribution in [0.4, 0.5) is 14.5 Å². The lowest BCUT2D eigenvalue weighted by atomic mass is 9.98. The summed E-state index contributed by atoms with van der Waals surface area (Å²) in [6, 6.07) is 5.46. The Balaban J connectivity index is 0.000000296. The smallest absolute Gasteiger partial charge is 0.225 e. The van der Waals surface area contributed by atoms with Crippen molar-refractivity contribution in [1.82, 2.24) is 14.9 Å². The molecule has 3 saturated heterocycles. The number of pyridine rings is 2. The van der Waals surface area contributed by atoms with Gasteiger partial charge in [-0.2, -0.15) is 0 Å². The second kappa shape index (κ2) is 12.4. The molecule has 2 atom stereocenters. The van der Waals surface area contributed by atoms with Gasteiger partial charge in [-0.25, -0.2) is 18.7 Å². The summed E-state index contributed by atoms with van der Waals surface area (Å²) in [6.45, 7) is 3.58. The van der Waals surface area contributed by atoms with Gasteiger partial charge in [0.2, 0.25) is 11.8 Å². The standard InChI is InChI=1S/C25H27ClFN3O3.C7H12FN/c1-32-19-13-18(30-9-5-3-4-6-10-30)21-24(28-19)22(27)23(29-25(21)33-2)16-11-15(31)12-17(26)20(16)14-7-8-14;8-6-4-7-2-1-3-9(7)5-6/h11-14,31H,3-10H2,1-2H3;6-7H,1-5H2. The average molecular weight is 601 g/mol. The van der Waals surface area contributed by atoms with Crippen LogP contribution in [0.1, 0.15) is 69.3 Å². The minimum atomic E-state index is -0.579. The summed E-state index contributed by atoms with van der Waals surface area (Å²) >= 11 is 6.47. The maximum absolute atomic E-state index is 16.2. The molecule has 3 aromatic rings. The van der Waals surface area contributed by atoms with E-state index in [4.69, 9.17) is 21.1 Å². The van der Waals surface area contributed by atoms with Gasteiger partial charge in [0, 0.05) is 42.3 Å². The molecule has 0 bridgehead atoms. The van der Waals surface area contributed by atoms with E-state index in [2.05, 4.69) is 19.8 Å². The highest BCUT2D eigenvalue weighted by atomic mass is 35.5. The minimum Gasteiger partial charge on any atom is -0.508 e. The van der Waals surface area contributed by atoms with Gasteiger partial charge in [0.25, 0.3) is 0 Å². The van der Waals surface area contributed by atoms with Crippen LogP contribution in [0, 0.1) is 5.82 Å². The van der Waals surface area contributed by atoms with E-state index in [-0.39, 0.29) is 28.8 Å². The van der Waals surface area contributed by atoms with Gasteiger partial charge in [0.05, 0.1) is 25.3 Å². The highest BCUT2D eigenvalue weighted by Crippen LogP contribution is 2.50. The van der Waals surface area contributed by atoms with Crippen LogP contribution in [0.25, 0.3) is 22.2 Å². The van der Waals surface area contributed by atoms with Crippen molar-refractivity contribution in [2.24, 2.45) is 0 Å². The van der Waals surface area contributed by atoms with Crippen LogP contribution < -0.4 is 14.4 Å². The van der Waals surface area contributed by atoms with Gasteiger partial charge in [0.1, 0.15) is 23.1 Å². The Hall–Kier alpha value is -2.91. The van der Waals surface area contributed by atoms with Crippen molar-refractivity contribution in [3.05, 3.63) is 34.6 Å². The summed E-state index contributed by atoms with van der Waals surface area (Å²) in [4.78, 5) is 13.6. The van der Waals surface area contributed by atoms with E-state index in [1.54, 1.807) is 0 Å². The van der Waals surface area contributed by atoms with Gasteiger partial charge < -0.3 is 19.5 Å². The molecule has 3 aliphatic heterocycles. The maximum atomic E-state index is 16.2. The van der Waals surface area contributed by atoms with Gasteiger partial charge in [0.15, 0.2) is 5.82 Å². The molecule has 2 aromatic heterocycles. The fourth-order valence-electron chi connectivity index (χ4n) is 6.80. The lowest BCUT2D eigenvalue weighted by Gasteiger charge is -2.25. The number of hydrogen-bond acceptors (Lipinski definition) is 7. The predicted octanol–water partition coefficient (Wildman–Crippen LogP) is 7.26. The SMILES string of the molecule is COc1cc(N2CCCCCC2)c2c(OC)nc(-c3cc(O)cc(Cl)c3C3CC3)c(F)c2n1.FC1CC2CCCN2C1. The predicted molar refractivity (Wildman–Crippen MR) is 161 cm³/mol. The molecular formula is C32H39ClF2N4O3. The topological polar surface area (TPSA) is 71.0 Å². The molecule has 1 saturated carbocycles. The first kappa shape index (κ1) is 29.2. The van der Waals surface area contributed by atoms with Crippen molar-refractivity contribution in [3.63, 3.8) is 0 Å². The number of anilines is 1. The lowest BCUT2D eigenvalue weighted by molar-refractivity contribution is 0.292. The van der Waals surface area contributed by atoms with Crippen LogP contribution in [0.3, 0.4) is 0 Å². The number of aromatic nitrogens is 2. The molecule has 7 rings (SSSR count). The van der Waals surface area contributed by atoms with E-state index < -0.39 is 12.0 Å². The molecule has 1 aromatic carbocycles. The highest BCUT2D eigenvalue weighted by Gasteiger charge is 2.35. The number of fused-ring (bicyclic) bond motifs is 2. The summed E-state index contributed by atoms with van der Waals surface area (Å²) < 4.78 is 39.9. The Bertz CT molecular complexity index is 1430. The number of halogens is 3. The third-order valence-corrected chi connectivity index (χ3v) is 9.29. The number of rotatable bonds is 5. The van der Waals surface area contributed by atoms with E-state index in [9.17, 15) is 9.50 Å². The Morgan fingerprint density at radius 1 is 0.952 bits per heavy atom. The molecule has 4 aliphatic rings. The van der Waals surface area contributed by atoms with Crippen LogP contribution in [0.5, 0.6) is 17.5 Å². The Labute approximate surface area is 250 Å². The first-order valence-electron chi connectivity index (χ1n) is 15.2. The molecule has 0 amide bonds. The molecule has 5 heterocycles. The Kier molecular flexibility index (Phi) is 8.59. The molecule has 2 unspecified atom stereocenters. The number of nitrogens with zero attached hydrogens (tertiary/aromatic N) is 4. The summed E-state index contributed by atoms with van der Waals surface area (Å²) in [5.41, 5.74) is 2.29. The summed E-state index contributed by atoms with van der Waals surface area (Å²) in [7, 11) is 3.05. The van der Waals surface area contributed by atoms with Crippen molar-refractivity contribution >= 4 is 28.2 Å². The van der Waals surface area contributed by atoms with Crippen LogP contribution in [-0.2, 0) is 0 Å². The van der Waals surface area contributed by atoms with Crippen molar-refractivity contribution in [1.29, 1.82) is 0 Å². The number of hydrogen-bond donors (Lipinski definition) is 1. The minimum absolute atomic E-state index is 0.0384. The van der Waals surface area contributed by atoms with E-state index >= 15 is 4.39 Å². The molecule has 4 fully saturated rings. The molecular weight excluding hydrogens is 562 g/mol. The third-order valence-electron chi connectivity index (χ3n) is 8.98. The molecule has 1 aliphatic carbocycles. The lowest BCUT2D eigenvalue weighted by Crippen LogP contribution is -2.24. The molecule has 0 spiro atoms. The fraction of sp³-hybridized carbons (Fsp3) is 0.562. The molecule has 42 heavy (non-hydrogen) atoms. The number of alkyl halides is 1. The summed E-state index contributed by atoms with van der Waals surface area (Å²) in [6.07, 6.45) is 9.22. The molecule has 1 N–H and O–H groups in total. The zero-order chi connectivity index (χ0) is 29.4. The zero-order valence-electron chi connectivity index (χ0n) is 24.3. The summed E-state index contributed by atoms with van der Waals surface area (Å²) in [5, 5.41) is 11.2. The van der Waals surface area contributed by atoms with Crippen LogP contribution in [-0.4, -0.2) is 72.6 Å². The summed E-state index contributed by atoms with van der Waals surface area (Å²) in [5.74, 6) is 0.225. The fourth-order valence-corrected chi connectivity index (χ4v) is 7.17. The Morgan fingerprint density at radius 2 is 1.71 bits per heavy atom. The molecule has 10 heteroatoms. The van der Waals surface area contributed by atoms with E-state index in [0.717, 1.165) is 63.0 Å². The first-order valence-corrected chi connectivity index (χ1v) is 15.5. The molecule has 226 valence electrons. The Morgan fingerprint density at radius 3 is 2.38 bits per heavy atom. The first-order chi connectivity index (χ1) is 20.4. The zero-order valence-corrected chi connectivity index (χ0v) is 25.1. The van der Waals surface area contributed by atoms with Gasteiger partial charge >= 0.3 is 0 Å². The molecule has 7 nitrogen and oxygen atoms in total. The molecule has 0 radical (unpaired) electrons. The van der Waals surface area contributed by atoms with Crippen LogP contribution >= 0.6 is 11.6 Å². The van der Waals surface area contributed by atoms with Gasteiger partial charge in [-0.3, -0.25) is 4.90 Å². The normalized spacial score (nSPS) is 22.5. The number of benzene rings is 1. The average Bonchev–Trinajstić information content (AvgIpc) is 3.69. The van der Waals surface area contributed by atoms with E-state index in [1.165, 1.54) is 52.0 Å². The van der Waals surface area contributed by atoms with Crippen molar-refractivity contribution in [2.75, 3.05) is 45.3 Å². The van der Waals surface area contributed by atoms with Gasteiger partial charge in [-0.1, -0.05) is 24.4 Å². The second-order valence-electron chi connectivity index (χ2n) is 11.9. The monoisotopic (exact) mass is 600 g/mol. The quantitative estimate of drug-likeness (QED) is 0.330. The second-order valence-corrected chi connectivity index (χ2v) is 12.3. The van der Waals surface area contributed by atoms with Gasteiger partial charge in [-0.15, -0.1) is 0 Å². The maximum Gasteiger partial charge on any atom is 0.225 e. The van der Waals surface area contributed by atoms with Crippen molar-refractivity contribution in [2.45, 2.75) is 75.9 Å². The number of phenolic OH excluding ortho intramolecular Hbond substituents is 1. The van der Waals surface area contributed by atoms with E-state index in [1.807, 2.05) is 6.07 Å². The number of methoxy groups -OCH3 is 2. The number of phenols is 1. The van der Waals surface area contributed by atoms with Gasteiger partial charge in [-0.05, 0) is 75.1 Å².